The molecule has 1 heterocycles. The molecule has 2 unspecified atom stereocenters. The van der Waals surface area contributed by atoms with Gasteiger partial charge in [0.25, 0.3) is 0 Å². The zero-order valence-corrected chi connectivity index (χ0v) is 27.5. The van der Waals surface area contributed by atoms with E-state index in [1.807, 2.05) is 53.5 Å². The molecule has 0 amide bonds. The van der Waals surface area contributed by atoms with Crippen LogP contribution in [0.3, 0.4) is 0 Å². The molecule has 0 fully saturated rings. The van der Waals surface area contributed by atoms with Crippen LogP contribution in [0.1, 0.15) is 60.8 Å². The van der Waals surface area contributed by atoms with Gasteiger partial charge < -0.3 is 14.8 Å². The number of hydrogen-bond donors (Lipinski definition) is 1. The summed E-state index contributed by atoms with van der Waals surface area (Å²) in [6.45, 7) is 12.9. The highest BCUT2D eigenvalue weighted by Crippen LogP contribution is 2.36. The first-order valence-corrected chi connectivity index (χ1v) is 14.7. The number of nitrogens with zero attached hydrogens (tertiary/aromatic N) is 3. The van der Waals surface area contributed by atoms with Crippen LogP contribution in [0.25, 0.3) is 10.9 Å². The number of ketones is 1. The number of fused-ring (bicyclic) bond motifs is 1. The Morgan fingerprint density at radius 3 is 2.35 bits per heavy atom. The summed E-state index contributed by atoms with van der Waals surface area (Å²) in [7, 11) is 3.48. The number of methoxy groups -OCH3 is 1. The van der Waals surface area contributed by atoms with Crippen LogP contribution in [-0.2, 0) is 4.79 Å². The van der Waals surface area contributed by atoms with Crippen LogP contribution in [0.4, 0.5) is 15.9 Å². The molecule has 0 spiro atoms. The van der Waals surface area contributed by atoms with Gasteiger partial charge >= 0.3 is 0 Å². The van der Waals surface area contributed by atoms with E-state index in [0.717, 1.165) is 19.3 Å². The zero-order valence-electron chi connectivity index (χ0n) is 26.7. The quantitative estimate of drug-likeness (QED) is 0.207. The molecule has 3 aromatic rings. The minimum absolute atomic E-state index is 0.0146. The highest BCUT2D eigenvalue weighted by Gasteiger charge is 2.20. The van der Waals surface area contributed by atoms with E-state index >= 15 is 0 Å². The van der Waals surface area contributed by atoms with Crippen LogP contribution in [0.2, 0.25) is 5.02 Å². The van der Waals surface area contributed by atoms with Crippen molar-refractivity contribution in [3.05, 3.63) is 47.5 Å². The molecule has 0 saturated carbocycles. The number of carbonyl (C=O) groups is 1. The molecule has 1 aromatic heterocycles. The molecule has 9 heteroatoms. The smallest absolute Gasteiger partial charge is 0.165 e. The number of likely N-dealkylation sites (N-methyl/N-ethyl adjacent to an activating group) is 1. The lowest BCUT2D eigenvalue weighted by atomic mass is 10.0. The summed E-state index contributed by atoms with van der Waals surface area (Å²) in [5, 5.41) is 3.66. The van der Waals surface area contributed by atoms with E-state index in [0.29, 0.717) is 41.3 Å². The maximum absolute atomic E-state index is 14.5. The van der Waals surface area contributed by atoms with Crippen LogP contribution in [0, 0.1) is 36.9 Å². The number of hydrogen-bond acceptors (Lipinski definition) is 7. The van der Waals surface area contributed by atoms with E-state index in [2.05, 4.69) is 34.1 Å². The van der Waals surface area contributed by atoms with E-state index in [1.165, 1.54) is 12.4 Å². The summed E-state index contributed by atoms with van der Waals surface area (Å²) >= 11 is 5.93. The van der Waals surface area contributed by atoms with Crippen molar-refractivity contribution >= 4 is 39.8 Å². The second kappa shape index (κ2) is 21.8. The van der Waals surface area contributed by atoms with Gasteiger partial charge in [0.2, 0.25) is 0 Å². The minimum atomic E-state index is -0.563. The molecule has 0 aliphatic carbocycles. The molecule has 0 saturated heterocycles. The van der Waals surface area contributed by atoms with E-state index in [-0.39, 0.29) is 28.5 Å². The van der Waals surface area contributed by atoms with Crippen molar-refractivity contribution < 1.29 is 18.7 Å². The monoisotopic (exact) mass is 612 g/mol. The Bertz CT molecular complexity index is 1330. The predicted molar refractivity (Wildman–Crippen MR) is 178 cm³/mol. The molecule has 0 aliphatic heterocycles. The number of Topliss-reactive ketones (excluding diaryl/α,β-unsaturated/α-hetero) is 1. The van der Waals surface area contributed by atoms with Gasteiger partial charge in [0.1, 0.15) is 24.0 Å². The summed E-state index contributed by atoms with van der Waals surface area (Å²) in [5.74, 6) is 3.56. The third kappa shape index (κ3) is 12.5. The topological polar surface area (TPSA) is 76.6 Å². The Labute approximate surface area is 262 Å². The minimum Gasteiger partial charge on any atom is -0.493 e. The number of anilines is 2. The second-order valence-electron chi connectivity index (χ2n) is 9.15. The fourth-order valence-electron chi connectivity index (χ4n) is 3.63. The van der Waals surface area contributed by atoms with Gasteiger partial charge in [-0.25, -0.2) is 14.4 Å². The van der Waals surface area contributed by atoms with Crippen molar-refractivity contribution in [1.82, 2.24) is 14.9 Å². The average molecular weight is 613 g/mol. The van der Waals surface area contributed by atoms with Gasteiger partial charge in [0.05, 0.1) is 29.9 Å². The van der Waals surface area contributed by atoms with Crippen LogP contribution < -0.4 is 14.8 Å². The first-order chi connectivity index (χ1) is 20.7. The third-order valence-electron chi connectivity index (χ3n) is 6.18. The van der Waals surface area contributed by atoms with Gasteiger partial charge in [-0.1, -0.05) is 59.2 Å². The Morgan fingerprint density at radius 1 is 1.14 bits per heavy atom. The van der Waals surface area contributed by atoms with E-state index in [4.69, 9.17) is 27.5 Å². The first-order valence-electron chi connectivity index (χ1n) is 14.4. The Balaban J connectivity index is 0.00000200. The fourth-order valence-corrected chi connectivity index (χ4v) is 3.81. The molecule has 2 aromatic carbocycles. The lowest BCUT2D eigenvalue weighted by molar-refractivity contribution is -0.123. The molecule has 234 valence electrons. The van der Waals surface area contributed by atoms with Crippen molar-refractivity contribution in [2.45, 2.75) is 66.9 Å². The summed E-state index contributed by atoms with van der Waals surface area (Å²) in [5.41, 5.74) is 0.813. The number of aromatic nitrogens is 2. The van der Waals surface area contributed by atoms with Crippen molar-refractivity contribution in [3.63, 3.8) is 0 Å². The number of nitrogens with one attached hydrogen (secondary N) is 1. The van der Waals surface area contributed by atoms with E-state index in [9.17, 15) is 9.18 Å². The van der Waals surface area contributed by atoms with Crippen LogP contribution in [-0.4, -0.2) is 54.0 Å². The molecule has 3 rings (SSSR count). The Kier molecular flexibility index (Phi) is 19.8. The molecular formula is C34H46ClFN4O3. The standard InChI is InChI=1S/C26H32ClFN4O3.C4H6.C2H6.C2H2/c1-6-16(3)22(33)14-32(4)13-17(7-2)35-24-11-18-21(12-23(24)34-5)29-15-30-26(18)31-20-10-8-9-19(27)25(20)28;1-3-4-2;2*1-2/h8-12,15-17H,6-7,13-14H2,1-5H3,(H,29,30,31);1H,4H2,2H3;1-2H3;1-2H. The highest BCUT2D eigenvalue weighted by molar-refractivity contribution is 6.31. The number of benzene rings is 2. The van der Waals surface area contributed by atoms with Crippen LogP contribution in [0.5, 0.6) is 11.5 Å². The zero-order chi connectivity index (χ0) is 32.9. The summed E-state index contributed by atoms with van der Waals surface area (Å²) in [6, 6.07) is 8.26. The van der Waals surface area contributed by atoms with Crippen molar-refractivity contribution in [3.8, 4) is 36.7 Å². The van der Waals surface area contributed by atoms with Gasteiger partial charge in [0, 0.05) is 30.3 Å². The number of halogens is 2. The summed E-state index contributed by atoms with van der Waals surface area (Å²) in [6.07, 6.45) is 16.4. The number of rotatable bonds is 12. The van der Waals surface area contributed by atoms with E-state index < -0.39 is 5.82 Å². The largest absolute Gasteiger partial charge is 0.493 e. The number of carbonyl (C=O) groups excluding carboxylic acids is 1. The van der Waals surface area contributed by atoms with Crippen LogP contribution >= 0.6 is 11.6 Å². The van der Waals surface area contributed by atoms with Gasteiger partial charge in [-0.15, -0.1) is 25.2 Å². The van der Waals surface area contributed by atoms with Crippen LogP contribution in [0.15, 0.2) is 36.7 Å². The normalized spacial score (nSPS) is 11.3. The molecule has 1 N–H and O–H groups in total. The van der Waals surface area contributed by atoms with Crippen molar-refractivity contribution in [2.24, 2.45) is 5.92 Å². The van der Waals surface area contributed by atoms with Crippen molar-refractivity contribution in [1.29, 1.82) is 0 Å². The molecular weight excluding hydrogens is 567 g/mol. The highest BCUT2D eigenvalue weighted by atomic mass is 35.5. The molecule has 2 atom stereocenters. The third-order valence-corrected chi connectivity index (χ3v) is 6.47. The molecule has 43 heavy (non-hydrogen) atoms. The number of ether oxygens (including phenoxy) is 2. The van der Waals surface area contributed by atoms with Gasteiger partial charge in [0.15, 0.2) is 17.3 Å². The Hall–Kier alpha value is -3.85. The van der Waals surface area contributed by atoms with Gasteiger partial charge in [-0.2, -0.15) is 0 Å². The average Bonchev–Trinajstić information content (AvgIpc) is 3.04. The van der Waals surface area contributed by atoms with Gasteiger partial charge in [-0.05, 0) is 38.1 Å². The molecule has 0 radical (unpaired) electrons. The Morgan fingerprint density at radius 2 is 1.79 bits per heavy atom. The molecule has 0 bridgehead atoms. The van der Waals surface area contributed by atoms with Crippen molar-refractivity contribution in [2.75, 3.05) is 32.6 Å². The van der Waals surface area contributed by atoms with Gasteiger partial charge in [-0.3, -0.25) is 9.69 Å². The second-order valence-corrected chi connectivity index (χ2v) is 9.55. The fraction of sp³-hybridized carbons (Fsp3) is 0.441. The summed E-state index contributed by atoms with van der Waals surface area (Å²) < 4.78 is 26.4. The predicted octanol–water partition coefficient (Wildman–Crippen LogP) is 8.18. The summed E-state index contributed by atoms with van der Waals surface area (Å²) in [4.78, 5) is 22.9. The SMILES string of the molecule is C#C.C#CCC.CC.CCC(CN(C)CC(=O)C(C)CC)Oc1cc2c(Nc3cccc(Cl)c3F)ncnc2cc1OC. The maximum Gasteiger partial charge on any atom is 0.165 e. The number of terminal acetylenes is 2. The lowest BCUT2D eigenvalue weighted by Crippen LogP contribution is -2.37. The van der Waals surface area contributed by atoms with E-state index in [1.54, 1.807) is 31.4 Å². The molecule has 7 nitrogen and oxygen atoms in total. The first kappa shape index (κ1) is 39.1. The lowest BCUT2D eigenvalue weighted by Gasteiger charge is -2.25. The maximum atomic E-state index is 14.5. The molecule has 0 aliphatic rings.